The van der Waals surface area contributed by atoms with Crippen molar-refractivity contribution in [3.8, 4) is 5.88 Å². The SMILES string of the molecule is O=C(NC1C2CC3CCCC1[C@H]3C2)c1ccc(OCc2ccccc2)nc1. The maximum atomic E-state index is 12.7. The van der Waals surface area contributed by atoms with Crippen LogP contribution >= 0.6 is 0 Å². The smallest absolute Gasteiger partial charge is 0.253 e. The van der Waals surface area contributed by atoms with Gasteiger partial charge >= 0.3 is 0 Å². The summed E-state index contributed by atoms with van der Waals surface area (Å²) in [6, 6.07) is 14.0. The summed E-state index contributed by atoms with van der Waals surface area (Å²) in [5.41, 5.74) is 1.72. The molecule has 1 aromatic carbocycles. The van der Waals surface area contributed by atoms with E-state index in [-0.39, 0.29) is 5.91 Å². The van der Waals surface area contributed by atoms with E-state index < -0.39 is 0 Å². The van der Waals surface area contributed by atoms with E-state index in [0.717, 1.165) is 17.4 Å². The minimum Gasteiger partial charge on any atom is -0.473 e. The first-order valence-electron chi connectivity index (χ1n) is 10.2. The van der Waals surface area contributed by atoms with Gasteiger partial charge in [-0.25, -0.2) is 4.98 Å². The van der Waals surface area contributed by atoms with Crippen LogP contribution in [0.3, 0.4) is 0 Å². The third kappa shape index (κ3) is 3.22. The molecule has 2 bridgehead atoms. The molecule has 1 amide bonds. The molecule has 1 aromatic heterocycles. The predicted molar refractivity (Wildman–Crippen MR) is 103 cm³/mol. The van der Waals surface area contributed by atoms with E-state index in [9.17, 15) is 4.79 Å². The van der Waals surface area contributed by atoms with Gasteiger partial charge in [0.05, 0.1) is 5.56 Å². The molecular weight excluding hydrogens is 336 g/mol. The highest BCUT2D eigenvalue weighted by molar-refractivity contribution is 5.94. The number of hydrogen-bond donors (Lipinski definition) is 1. The first kappa shape index (κ1) is 16.8. The number of rotatable bonds is 5. The minimum atomic E-state index is 0.0109. The van der Waals surface area contributed by atoms with Crippen molar-refractivity contribution in [1.29, 1.82) is 0 Å². The summed E-state index contributed by atoms with van der Waals surface area (Å²) in [6.45, 7) is 0.480. The Labute approximate surface area is 160 Å². The van der Waals surface area contributed by atoms with E-state index in [1.165, 1.54) is 32.1 Å². The van der Waals surface area contributed by atoms with Gasteiger partial charge in [0, 0.05) is 18.3 Å². The van der Waals surface area contributed by atoms with E-state index in [1.54, 1.807) is 12.3 Å². The number of ether oxygens (including phenoxy) is 1. The van der Waals surface area contributed by atoms with Crippen molar-refractivity contribution in [3.05, 3.63) is 59.8 Å². The summed E-state index contributed by atoms with van der Waals surface area (Å²) in [6.07, 6.45) is 8.30. The average Bonchev–Trinajstić information content (AvgIpc) is 3.29. The van der Waals surface area contributed by atoms with Gasteiger partial charge in [0.1, 0.15) is 6.61 Å². The fraction of sp³-hybridized carbons (Fsp3) is 0.478. The van der Waals surface area contributed by atoms with Crippen molar-refractivity contribution in [2.24, 2.45) is 23.7 Å². The number of carbonyl (C=O) groups excluding carboxylic acids is 1. The van der Waals surface area contributed by atoms with E-state index in [1.807, 2.05) is 36.4 Å². The standard InChI is InChI=1S/C23H26N2O2/c26-23(25-22-18-11-16-7-4-8-19(22)20(16)12-18)17-9-10-21(24-13-17)27-14-15-5-2-1-3-6-15/h1-3,5-6,9-10,13,16,18-20,22H,4,7-8,11-12,14H2,(H,25,26)/t16?,18?,19?,20-,22?/m0/s1. The van der Waals surface area contributed by atoms with Crippen molar-refractivity contribution in [1.82, 2.24) is 10.3 Å². The summed E-state index contributed by atoms with van der Waals surface area (Å²) in [5.74, 6) is 3.75. The van der Waals surface area contributed by atoms with Gasteiger partial charge in [-0.05, 0) is 54.6 Å². The molecule has 0 spiro atoms. The van der Waals surface area contributed by atoms with Crippen LogP contribution in [0.4, 0.5) is 0 Å². The molecule has 0 aliphatic heterocycles. The van der Waals surface area contributed by atoms with Crippen molar-refractivity contribution in [3.63, 3.8) is 0 Å². The van der Waals surface area contributed by atoms with E-state index in [2.05, 4.69) is 10.3 Å². The maximum absolute atomic E-state index is 12.7. The molecule has 4 nitrogen and oxygen atoms in total. The van der Waals surface area contributed by atoms with Crippen LogP contribution in [-0.4, -0.2) is 16.9 Å². The Kier molecular flexibility index (Phi) is 4.35. The maximum Gasteiger partial charge on any atom is 0.253 e. The summed E-state index contributed by atoms with van der Waals surface area (Å²) >= 11 is 0. The fourth-order valence-electron chi connectivity index (χ4n) is 5.77. The van der Waals surface area contributed by atoms with Crippen molar-refractivity contribution >= 4 is 5.91 Å². The van der Waals surface area contributed by atoms with Crippen LogP contribution in [0.15, 0.2) is 48.7 Å². The van der Waals surface area contributed by atoms with Gasteiger partial charge in [0.2, 0.25) is 5.88 Å². The molecule has 1 heterocycles. The molecule has 0 saturated heterocycles. The van der Waals surface area contributed by atoms with Crippen molar-refractivity contribution in [2.75, 3.05) is 0 Å². The average molecular weight is 362 g/mol. The number of aromatic nitrogens is 1. The number of nitrogens with one attached hydrogen (secondary N) is 1. The van der Waals surface area contributed by atoms with Gasteiger partial charge in [-0.15, -0.1) is 0 Å². The highest BCUT2D eigenvalue weighted by atomic mass is 16.5. The monoisotopic (exact) mass is 362 g/mol. The molecule has 140 valence electrons. The van der Waals surface area contributed by atoms with E-state index in [4.69, 9.17) is 4.74 Å². The van der Waals surface area contributed by atoms with E-state index >= 15 is 0 Å². The second-order valence-corrected chi connectivity index (χ2v) is 8.41. The Bertz CT molecular complexity index is 803. The third-order valence-corrected chi connectivity index (χ3v) is 6.94. The first-order valence-corrected chi connectivity index (χ1v) is 10.2. The molecule has 1 N–H and O–H groups in total. The molecule has 2 aromatic rings. The molecule has 3 saturated carbocycles. The molecule has 0 radical (unpaired) electrons. The molecular formula is C23H26N2O2. The van der Waals surface area contributed by atoms with Gasteiger partial charge in [-0.3, -0.25) is 4.79 Å². The second-order valence-electron chi connectivity index (χ2n) is 8.41. The van der Waals surface area contributed by atoms with Crippen LogP contribution in [0, 0.1) is 23.7 Å². The molecule has 3 fully saturated rings. The normalized spacial score (nSPS) is 30.9. The highest BCUT2D eigenvalue weighted by Gasteiger charge is 2.53. The second kappa shape index (κ2) is 6.99. The zero-order valence-electron chi connectivity index (χ0n) is 15.5. The molecule has 27 heavy (non-hydrogen) atoms. The number of nitrogens with zero attached hydrogens (tertiary/aromatic N) is 1. The van der Waals surface area contributed by atoms with Crippen LogP contribution in [0.1, 0.15) is 48.0 Å². The van der Waals surface area contributed by atoms with Crippen molar-refractivity contribution < 1.29 is 9.53 Å². The predicted octanol–water partition coefficient (Wildman–Crippen LogP) is 4.22. The molecule has 4 unspecified atom stereocenters. The lowest BCUT2D eigenvalue weighted by Gasteiger charge is -2.40. The zero-order chi connectivity index (χ0) is 18.2. The number of pyridine rings is 1. The van der Waals surface area contributed by atoms with Gasteiger partial charge in [0.15, 0.2) is 0 Å². The van der Waals surface area contributed by atoms with Crippen molar-refractivity contribution in [2.45, 2.75) is 44.8 Å². The largest absolute Gasteiger partial charge is 0.473 e. The number of hydrogen-bond acceptors (Lipinski definition) is 3. The van der Waals surface area contributed by atoms with Gasteiger partial charge in [-0.2, -0.15) is 0 Å². The topological polar surface area (TPSA) is 51.2 Å². The summed E-state index contributed by atoms with van der Waals surface area (Å²) in [7, 11) is 0. The Morgan fingerprint density at radius 2 is 1.93 bits per heavy atom. The molecule has 5 atom stereocenters. The minimum absolute atomic E-state index is 0.0109. The fourth-order valence-corrected chi connectivity index (χ4v) is 5.77. The lowest BCUT2D eigenvalue weighted by Crippen LogP contribution is -2.47. The number of carbonyl (C=O) groups is 1. The Balaban J connectivity index is 1.20. The van der Waals surface area contributed by atoms with Crippen LogP contribution in [0.5, 0.6) is 5.88 Å². The van der Waals surface area contributed by atoms with Crippen LogP contribution < -0.4 is 10.1 Å². The quantitative estimate of drug-likeness (QED) is 0.867. The number of amides is 1. The molecule has 3 aliphatic carbocycles. The summed E-state index contributed by atoms with van der Waals surface area (Å²) in [4.78, 5) is 17.1. The van der Waals surface area contributed by atoms with Crippen LogP contribution in [-0.2, 0) is 6.61 Å². The number of fused-ring (bicyclic) bond motifs is 1. The molecule has 4 heteroatoms. The summed E-state index contributed by atoms with van der Waals surface area (Å²) < 4.78 is 5.71. The highest BCUT2D eigenvalue weighted by Crippen LogP contribution is 2.57. The van der Waals surface area contributed by atoms with Gasteiger partial charge < -0.3 is 10.1 Å². The lowest BCUT2D eigenvalue weighted by atomic mass is 9.69. The Morgan fingerprint density at radius 3 is 2.74 bits per heavy atom. The molecule has 5 rings (SSSR count). The summed E-state index contributed by atoms with van der Waals surface area (Å²) in [5, 5.41) is 3.34. The Morgan fingerprint density at radius 1 is 1.04 bits per heavy atom. The Hall–Kier alpha value is -2.36. The van der Waals surface area contributed by atoms with Gasteiger partial charge in [-0.1, -0.05) is 43.2 Å². The number of benzene rings is 1. The zero-order valence-corrected chi connectivity index (χ0v) is 15.5. The van der Waals surface area contributed by atoms with E-state index in [0.29, 0.717) is 35.9 Å². The first-order chi connectivity index (χ1) is 13.3. The van der Waals surface area contributed by atoms with Crippen LogP contribution in [0.25, 0.3) is 0 Å². The van der Waals surface area contributed by atoms with Crippen LogP contribution in [0.2, 0.25) is 0 Å². The molecule has 3 aliphatic rings. The van der Waals surface area contributed by atoms with Gasteiger partial charge in [0.25, 0.3) is 5.91 Å². The third-order valence-electron chi connectivity index (χ3n) is 6.94. The lowest BCUT2D eigenvalue weighted by molar-refractivity contribution is 0.0826.